The molecule has 41 heavy (non-hydrogen) atoms. The summed E-state index contributed by atoms with van der Waals surface area (Å²) in [6.45, 7) is 2.84. The first-order valence-corrected chi connectivity index (χ1v) is 17.5. The molecule has 0 aliphatic rings. The topological polar surface area (TPSA) is 61.8 Å². The minimum Gasteiger partial charge on any atom is -0.469 e. The van der Waals surface area contributed by atoms with Crippen molar-refractivity contribution in [3.63, 3.8) is 0 Å². The van der Waals surface area contributed by atoms with Gasteiger partial charge in [-0.3, -0.25) is 9.59 Å². The van der Waals surface area contributed by atoms with E-state index in [0.29, 0.717) is 25.6 Å². The third kappa shape index (κ3) is 31.4. The van der Waals surface area contributed by atoms with Gasteiger partial charge in [-0.2, -0.15) is 0 Å². The number of allylic oxidation sites excluding steroid dienone is 1. The molecule has 1 atom stereocenters. The Kier molecular flexibility index (Phi) is 32.0. The quantitative estimate of drug-likeness (QED) is 0.0450. The number of methoxy groups -OCH3 is 2. The van der Waals surface area contributed by atoms with Crippen LogP contribution in [-0.4, -0.2) is 38.9 Å². The summed E-state index contributed by atoms with van der Waals surface area (Å²) in [6, 6.07) is 0. The van der Waals surface area contributed by atoms with Crippen LogP contribution in [0.5, 0.6) is 0 Å². The molecule has 0 aromatic heterocycles. The number of ether oxygens (including phenoxy) is 3. The molecule has 5 nitrogen and oxygen atoms in total. The molecule has 0 aromatic carbocycles. The SMILES string of the molecule is CCCCCCC(CC=CCCCCCCCC(=O)OCCCCCCCCCCCCCCCC(=O)OC)OC. The molecule has 0 fully saturated rings. The van der Waals surface area contributed by atoms with E-state index in [4.69, 9.17) is 9.47 Å². The van der Waals surface area contributed by atoms with Crippen LogP contribution in [0.3, 0.4) is 0 Å². The predicted octanol–water partition coefficient (Wildman–Crippen LogP) is 10.8. The van der Waals surface area contributed by atoms with Crippen molar-refractivity contribution in [1.82, 2.24) is 0 Å². The summed E-state index contributed by atoms with van der Waals surface area (Å²) in [5.74, 6) is -0.100. The largest absolute Gasteiger partial charge is 0.469 e. The van der Waals surface area contributed by atoms with Gasteiger partial charge in [-0.1, -0.05) is 135 Å². The lowest BCUT2D eigenvalue weighted by Gasteiger charge is -2.12. The van der Waals surface area contributed by atoms with Crippen molar-refractivity contribution < 1.29 is 23.8 Å². The zero-order valence-electron chi connectivity index (χ0n) is 27.6. The summed E-state index contributed by atoms with van der Waals surface area (Å²) in [6.07, 6.45) is 36.4. The molecule has 5 heteroatoms. The van der Waals surface area contributed by atoms with E-state index in [1.54, 1.807) is 0 Å². The molecule has 0 aromatic rings. The zero-order chi connectivity index (χ0) is 30.1. The Bertz CT molecular complexity index is 589. The molecule has 0 aliphatic heterocycles. The van der Waals surface area contributed by atoms with Crippen LogP contribution in [0.2, 0.25) is 0 Å². The minimum atomic E-state index is -0.0855. The van der Waals surface area contributed by atoms with Crippen LogP contribution < -0.4 is 0 Å². The molecule has 1 unspecified atom stereocenters. The standard InChI is InChI=1S/C36H68O5/c1-4-5-6-24-29-34(39-2)30-25-20-16-13-14-18-22-27-32-36(38)41-33-28-23-19-15-11-9-7-8-10-12-17-21-26-31-35(37)40-3/h20,25,34H,4-19,21-24,26-33H2,1-3H3. The maximum atomic E-state index is 11.9. The lowest BCUT2D eigenvalue weighted by Crippen LogP contribution is -2.08. The molecule has 0 saturated carbocycles. The minimum absolute atomic E-state index is 0.0150. The average molecular weight is 581 g/mol. The second kappa shape index (κ2) is 33.1. The molecular formula is C36H68O5. The van der Waals surface area contributed by atoms with E-state index in [0.717, 1.165) is 44.9 Å². The highest BCUT2D eigenvalue weighted by Gasteiger charge is 2.05. The number of esters is 2. The summed E-state index contributed by atoms with van der Waals surface area (Å²) < 4.78 is 15.7. The fraction of sp³-hybridized carbons (Fsp3) is 0.889. The molecule has 0 spiro atoms. The molecule has 0 heterocycles. The molecule has 0 radical (unpaired) electrons. The Morgan fingerprint density at radius 3 is 1.59 bits per heavy atom. The smallest absolute Gasteiger partial charge is 0.305 e. The fourth-order valence-electron chi connectivity index (χ4n) is 5.23. The van der Waals surface area contributed by atoms with Crippen molar-refractivity contribution in [2.75, 3.05) is 20.8 Å². The number of hydrogen-bond acceptors (Lipinski definition) is 5. The van der Waals surface area contributed by atoms with Gasteiger partial charge in [0, 0.05) is 20.0 Å². The summed E-state index contributed by atoms with van der Waals surface area (Å²) >= 11 is 0. The average Bonchev–Trinajstić information content (AvgIpc) is 2.98. The number of hydrogen-bond donors (Lipinski definition) is 0. The first-order chi connectivity index (χ1) is 20.1. The Hall–Kier alpha value is -1.36. The van der Waals surface area contributed by atoms with Crippen molar-refractivity contribution in [2.24, 2.45) is 0 Å². The normalized spacial score (nSPS) is 12.2. The third-order valence-electron chi connectivity index (χ3n) is 8.05. The van der Waals surface area contributed by atoms with Crippen LogP contribution >= 0.6 is 0 Å². The van der Waals surface area contributed by atoms with Crippen LogP contribution in [0.25, 0.3) is 0 Å². The van der Waals surface area contributed by atoms with Crippen LogP contribution in [-0.2, 0) is 23.8 Å². The predicted molar refractivity (Wildman–Crippen MR) is 173 cm³/mol. The van der Waals surface area contributed by atoms with Gasteiger partial charge in [0.2, 0.25) is 0 Å². The van der Waals surface area contributed by atoms with Crippen molar-refractivity contribution in [3.8, 4) is 0 Å². The summed E-state index contributed by atoms with van der Waals surface area (Å²) in [5.41, 5.74) is 0. The molecular weight excluding hydrogens is 512 g/mol. The number of carbonyl (C=O) groups excluding carboxylic acids is 2. The highest BCUT2D eigenvalue weighted by atomic mass is 16.5. The Labute approximate surface area is 254 Å². The van der Waals surface area contributed by atoms with E-state index < -0.39 is 0 Å². The van der Waals surface area contributed by atoms with E-state index in [1.165, 1.54) is 123 Å². The molecule has 0 bridgehead atoms. The molecule has 0 rings (SSSR count). The van der Waals surface area contributed by atoms with Gasteiger partial charge >= 0.3 is 11.9 Å². The summed E-state index contributed by atoms with van der Waals surface area (Å²) in [4.78, 5) is 23.0. The Balaban J connectivity index is 3.32. The first kappa shape index (κ1) is 39.6. The second-order valence-electron chi connectivity index (χ2n) is 11.9. The summed E-state index contributed by atoms with van der Waals surface area (Å²) in [5, 5.41) is 0. The monoisotopic (exact) mass is 581 g/mol. The molecule has 242 valence electrons. The van der Waals surface area contributed by atoms with E-state index in [1.807, 2.05) is 7.11 Å². The van der Waals surface area contributed by atoms with Crippen LogP contribution in [0, 0.1) is 0 Å². The zero-order valence-corrected chi connectivity index (χ0v) is 27.6. The highest BCUT2D eigenvalue weighted by molar-refractivity contribution is 5.69. The highest BCUT2D eigenvalue weighted by Crippen LogP contribution is 2.14. The van der Waals surface area contributed by atoms with Crippen LogP contribution in [0.4, 0.5) is 0 Å². The van der Waals surface area contributed by atoms with Gasteiger partial charge in [-0.05, 0) is 44.9 Å². The Morgan fingerprint density at radius 2 is 1.05 bits per heavy atom. The van der Waals surface area contributed by atoms with Gasteiger partial charge in [0.15, 0.2) is 0 Å². The van der Waals surface area contributed by atoms with E-state index in [-0.39, 0.29) is 11.9 Å². The van der Waals surface area contributed by atoms with E-state index in [2.05, 4.69) is 23.8 Å². The lowest BCUT2D eigenvalue weighted by atomic mass is 10.0. The van der Waals surface area contributed by atoms with E-state index in [9.17, 15) is 9.59 Å². The van der Waals surface area contributed by atoms with Crippen LogP contribution in [0.1, 0.15) is 180 Å². The van der Waals surface area contributed by atoms with Gasteiger partial charge in [-0.25, -0.2) is 0 Å². The van der Waals surface area contributed by atoms with Gasteiger partial charge in [0.05, 0.1) is 19.8 Å². The van der Waals surface area contributed by atoms with E-state index >= 15 is 0 Å². The van der Waals surface area contributed by atoms with Crippen molar-refractivity contribution in [3.05, 3.63) is 12.2 Å². The van der Waals surface area contributed by atoms with Crippen molar-refractivity contribution >= 4 is 11.9 Å². The Morgan fingerprint density at radius 1 is 0.561 bits per heavy atom. The number of carbonyl (C=O) groups is 2. The second-order valence-corrected chi connectivity index (χ2v) is 11.9. The summed E-state index contributed by atoms with van der Waals surface area (Å²) in [7, 11) is 3.29. The maximum Gasteiger partial charge on any atom is 0.305 e. The van der Waals surface area contributed by atoms with Gasteiger partial charge in [0.25, 0.3) is 0 Å². The van der Waals surface area contributed by atoms with Crippen molar-refractivity contribution in [1.29, 1.82) is 0 Å². The van der Waals surface area contributed by atoms with Gasteiger partial charge < -0.3 is 14.2 Å². The molecule has 0 N–H and O–H groups in total. The van der Waals surface area contributed by atoms with Gasteiger partial charge in [-0.15, -0.1) is 0 Å². The fourth-order valence-corrected chi connectivity index (χ4v) is 5.23. The van der Waals surface area contributed by atoms with Crippen LogP contribution in [0.15, 0.2) is 12.2 Å². The number of rotatable bonds is 32. The maximum absolute atomic E-state index is 11.9. The molecule has 0 saturated heterocycles. The lowest BCUT2D eigenvalue weighted by molar-refractivity contribution is -0.144. The molecule has 0 amide bonds. The third-order valence-corrected chi connectivity index (χ3v) is 8.05. The first-order valence-electron chi connectivity index (χ1n) is 17.5. The van der Waals surface area contributed by atoms with Gasteiger partial charge in [0.1, 0.15) is 0 Å². The number of unbranched alkanes of at least 4 members (excludes halogenated alkanes) is 20. The molecule has 0 aliphatic carbocycles. The van der Waals surface area contributed by atoms with Crippen molar-refractivity contribution in [2.45, 2.75) is 186 Å².